The van der Waals surface area contributed by atoms with Crippen LogP contribution in [0.1, 0.15) is 31.2 Å². The number of rotatable bonds is 4. The summed E-state index contributed by atoms with van der Waals surface area (Å²) in [6.07, 6.45) is 7.20. The molecule has 1 aliphatic rings. The third-order valence-electron chi connectivity index (χ3n) is 5.22. The van der Waals surface area contributed by atoms with Crippen molar-refractivity contribution in [2.24, 2.45) is 0 Å². The zero-order valence-corrected chi connectivity index (χ0v) is 14.9. The number of oxazole rings is 1. The Bertz CT molecular complexity index is 1090. The molecule has 27 heavy (non-hydrogen) atoms. The molecule has 2 N–H and O–H groups in total. The molecule has 1 aliphatic carbocycles. The maximum absolute atomic E-state index is 10.1. The van der Waals surface area contributed by atoms with Crippen molar-refractivity contribution in [1.29, 1.82) is 0 Å². The lowest BCUT2D eigenvalue weighted by Crippen LogP contribution is -2.36. The van der Waals surface area contributed by atoms with Gasteiger partial charge in [0.1, 0.15) is 11.0 Å². The normalized spacial score (nSPS) is 20.3. The van der Waals surface area contributed by atoms with Gasteiger partial charge in [-0.15, -0.1) is 0 Å². The largest absolute Gasteiger partial charge is 0.424 e. The standard InChI is InChI=1S/C20H21N5O2/c26-17-6-2-1-4-14(17)23-20-24-15-8-7-13(10-18(15)27-20)11-25-12-22-16-5-3-9-21-19(16)25/h3,5,7-10,12,14,17,26H,1-2,4,6,11H2,(H,23,24)/t14-,17-/m1/s1. The molecule has 3 aromatic heterocycles. The van der Waals surface area contributed by atoms with Gasteiger partial charge in [-0.05, 0) is 42.7 Å². The van der Waals surface area contributed by atoms with Gasteiger partial charge in [0.05, 0.1) is 25.0 Å². The zero-order chi connectivity index (χ0) is 18.2. The monoisotopic (exact) mass is 363 g/mol. The van der Waals surface area contributed by atoms with Crippen molar-refractivity contribution in [2.45, 2.75) is 44.4 Å². The molecular weight excluding hydrogens is 342 g/mol. The second kappa shape index (κ2) is 6.66. The summed E-state index contributed by atoms with van der Waals surface area (Å²) in [5.74, 6) is 0. The average Bonchev–Trinajstić information content (AvgIpc) is 3.27. The number of imidazole rings is 1. The minimum atomic E-state index is -0.341. The van der Waals surface area contributed by atoms with Gasteiger partial charge >= 0.3 is 0 Å². The molecule has 0 bridgehead atoms. The number of fused-ring (bicyclic) bond motifs is 2. The number of hydrogen-bond acceptors (Lipinski definition) is 6. The SMILES string of the molecule is O[C@@H]1CCCC[C@H]1Nc1nc2ccc(Cn3cnc4cccnc43)cc2o1. The van der Waals surface area contributed by atoms with Crippen LogP contribution in [0.25, 0.3) is 22.3 Å². The van der Waals surface area contributed by atoms with Crippen LogP contribution >= 0.6 is 0 Å². The smallest absolute Gasteiger partial charge is 0.295 e. The Kier molecular flexibility index (Phi) is 4.01. The molecule has 7 heteroatoms. The van der Waals surface area contributed by atoms with Gasteiger partial charge in [-0.1, -0.05) is 18.9 Å². The van der Waals surface area contributed by atoms with Gasteiger partial charge < -0.3 is 19.4 Å². The molecule has 1 fully saturated rings. The maximum Gasteiger partial charge on any atom is 0.295 e. The van der Waals surface area contributed by atoms with E-state index < -0.39 is 0 Å². The Balaban J connectivity index is 1.39. The van der Waals surface area contributed by atoms with Crippen LogP contribution in [0.5, 0.6) is 0 Å². The van der Waals surface area contributed by atoms with Crippen LogP contribution in [0.3, 0.4) is 0 Å². The van der Waals surface area contributed by atoms with Crippen LogP contribution in [-0.2, 0) is 6.54 Å². The third-order valence-corrected chi connectivity index (χ3v) is 5.22. The lowest BCUT2D eigenvalue weighted by molar-refractivity contribution is 0.115. The van der Waals surface area contributed by atoms with Gasteiger partial charge in [0.15, 0.2) is 11.2 Å². The zero-order valence-electron chi connectivity index (χ0n) is 14.9. The van der Waals surface area contributed by atoms with Crippen LogP contribution in [0.15, 0.2) is 47.3 Å². The molecule has 7 nitrogen and oxygen atoms in total. The van der Waals surface area contributed by atoms with E-state index in [-0.39, 0.29) is 12.1 Å². The summed E-state index contributed by atoms with van der Waals surface area (Å²) in [5.41, 5.74) is 4.38. The molecule has 1 saturated carbocycles. The highest BCUT2D eigenvalue weighted by atomic mass is 16.4. The number of nitrogens with one attached hydrogen (secondary N) is 1. The van der Waals surface area contributed by atoms with Crippen molar-refractivity contribution < 1.29 is 9.52 Å². The highest BCUT2D eigenvalue weighted by Gasteiger charge is 2.24. The van der Waals surface area contributed by atoms with Crippen molar-refractivity contribution in [1.82, 2.24) is 19.5 Å². The summed E-state index contributed by atoms with van der Waals surface area (Å²) < 4.78 is 7.91. The van der Waals surface area contributed by atoms with Gasteiger partial charge in [-0.2, -0.15) is 4.98 Å². The molecule has 5 rings (SSSR count). The molecule has 0 unspecified atom stereocenters. The molecule has 0 spiro atoms. The lowest BCUT2D eigenvalue weighted by Gasteiger charge is -2.27. The number of aliphatic hydroxyl groups is 1. The van der Waals surface area contributed by atoms with Gasteiger partial charge in [-0.25, -0.2) is 9.97 Å². The number of benzene rings is 1. The predicted octanol–water partition coefficient (Wildman–Crippen LogP) is 3.34. The Labute approximate surface area is 156 Å². The van der Waals surface area contributed by atoms with Crippen LogP contribution in [-0.4, -0.2) is 36.8 Å². The molecule has 4 aromatic rings. The van der Waals surface area contributed by atoms with E-state index in [9.17, 15) is 5.11 Å². The predicted molar refractivity (Wildman–Crippen MR) is 103 cm³/mol. The second-order valence-electron chi connectivity index (χ2n) is 7.14. The van der Waals surface area contributed by atoms with Crippen LogP contribution < -0.4 is 5.32 Å². The minimum absolute atomic E-state index is 0.00895. The molecule has 0 radical (unpaired) electrons. The summed E-state index contributed by atoms with van der Waals surface area (Å²) in [5, 5.41) is 13.4. The fourth-order valence-electron chi connectivity index (χ4n) is 3.78. The van der Waals surface area contributed by atoms with E-state index in [1.807, 2.05) is 34.9 Å². The van der Waals surface area contributed by atoms with E-state index in [0.29, 0.717) is 12.6 Å². The van der Waals surface area contributed by atoms with Crippen molar-refractivity contribution in [3.8, 4) is 0 Å². The van der Waals surface area contributed by atoms with Crippen molar-refractivity contribution in [2.75, 3.05) is 5.32 Å². The average molecular weight is 363 g/mol. The van der Waals surface area contributed by atoms with E-state index >= 15 is 0 Å². The number of pyridine rings is 1. The first-order valence-electron chi connectivity index (χ1n) is 9.36. The van der Waals surface area contributed by atoms with Crippen molar-refractivity contribution in [3.63, 3.8) is 0 Å². The van der Waals surface area contributed by atoms with E-state index in [1.54, 1.807) is 12.5 Å². The van der Waals surface area contributed by atoms with E-state index in [0.717, 1.165) is 53.5 Å². The molecular formula is C20H21N5O2. The van der Waals surface area contributed by atoms with E-state index in [4.69, 9.17) is 4.42 Å². The number of aromatic nitrogens is 4. The molecule has 3 heterocycles. The maximum atomic E-state index is 10.1. The van der Waals surface area contributed by atoms with Crippen molar-refractivity contribution in [3.05, 3.63) is 48.4 Å². The van der Waals surface area contributed by atoms with Gasteiger partial charge in [0.2, 0.25) is 0 Å². The molecule has 0 amide bonds. The number of anilines is 1. The van der Waals surface area contributed by atoms with Crippen LogP contribution in [0.4, 0.5) is 6.01 Å². The fraction of sp³-hybridized carbons (Fsp3) is 0.350. The molecule has 1 aromatic carbocycles. The van der Waals surface area contributed by atoms with Gasteiger partial charge in [-0.3, -0.25) is 0 Å². The Morgan fingerprint density at radius 1 is 1.15 bits per heavy atom. The third kappa shape index (κ3) is 3.14. The first-order valence-corrected chi connectivity index (χ1v) is 9.36. The summed E-state index contributed by atoms with van der Waals surface area (Å²) in [6.45, 7) is 0.661. The highest BCUT2D eigenvalue weighted by molar-refractivity contribution is 5.75. The molecule has 0 aliphatic heterocycles. The minimum Gasteiger partial charge on any atom is -0.424 e. The van der Waals surface area contributed by atoms with Gasteiger partial charge in [0.25, 0.3) is 6.01 Å². The number of nitrogens with zero attached hydrogens (tertiary/aromatic N) is 4. The topological polar surface area (TPSA) is 89.0 Å². The number of hydrogen-bond donors (Lipinski definition) is 2. The fourth-order valence-corrected chi connectivity index (χ4v) is 3.78. The molecule has 138 valence electrons. The van der Waals surface area contributed by atoms with Crippen LogP contribution in [0, 0.1) is 0 Å². The summed E-state index contributed by atoms with van der Waals surface area (Å²) in [4.78, 5) is 13.3. The van der Waals surface area contributed by atoms with E-state index in [1.165, 1.54) is 0 Å². The highest BCUT2D eigenvalue weighted by Crippen LogP contribution is 2.25. The Morgan fingerprint density at radius 2 is 2.07 bits per heavy atom. The van der Waals surface area contributed by atoms with Crippen molar-refractivity contribution >= 4 is 28.3 Å². The number of aliphatic hydroxyl groups excluding tert-OH is 1. The Morgan fingerprint density at radius 3 is 3.00 bits per heavy atom. The summed E-state index contributed by atoms with van der Waals surface area (Å²) >= 11 is 0. The Hall–Kier alpha value is -2.93. The quantitative estimate of drug-likeness (QED) is 0.578. The van der Waals surface area contributed by atoms with Gasteiger partial charge in [0, 0.05) is 6.20 Å². The summed E-state index contributed by atoms with van der Waals surface area (Å²) in [7, 11) is 0. The first kappa shape index (κ1) is 16.3. The molecule has 2 atom stereocenters. The first-order chi connectivity index (χ1) is 13.3. The van der Waals surface area contributed by atoms with E-state index in [2.05, 4.69) is 20.3 Å². The molecule has 0 saturated heterocycles. The second-order valence-corrected chi connectivity index (χ2v) is 7.14. The van der Waals surface area contributed by atoms with Crippen LogP contribution in [0.2, 0.25) is 0 Å². The lowest BCUT2D eigenvalue weighted by atomic mass is 9.93. The summed E-state index contributed by atoms with van der Waals surface area (Å²) in [6, 6.07) is 10.3.